The Morgan fingerprint density at radius 2 is 2.11 bits per heavy atom. The Balaban J connectivity index is 2.63. The number of urea groups is 1. The molecule has 0 radical (unpaired) electrons. The van der Waals surface area contributed by atoms with Crippen molar-refractivity contribution in [1.82, 2.24) is 4.90 Å². The van der Waals surface area contributed by atoms with Crippen LogP contribution in [0.3, 0.4) is 0 Å². The number of carboxylic acid groups (broad SMARTS) is 1. The van der Waals surface area contributed by atoms with Gasteiger partial charge in [0.2, 0.25) is 0 Å². The van der Waals surface area contributed by atoms with E-state index in [1.807, 2.05) is 0 Å². The van der Waals surface area contributed by atoms with Crippen LogP contribution in [0.15, 0.2) is 18.2 Å². The van der Waals surface area contributed by atoms with Crippen molar-refractivity contribution in [2.45, 2.75) is 13.8 Å². The molecule has 0 aromatic heterocycles. The number of carbonyl (C=O) groups excluding carboxylic acids is 1. The molecule has 6 heteroatoms. The highest BCUT2D eigenvalue weighted by atomic mass is 19.1. The lowest BCUT2D eigenvalue weighted by molar-refractivity contribution is -0.141. The van der Waals surface area contributed by atoms with E-state index in [9.17, 15) is 14.0 Å². The third-order valence-corrected chi connectivity index (χ3v) is 2.74. The van der Waals surface area contributed by atoms with Gasteiger partial charge < -0.3 is 15.3 Å². The second kappa shape index (κ2) is 6.17. The molecular weight excluding hydrogens is 251 g/mol. The lowest BCUT2D eigenvalue weighted by Gasteiger charge is -2.20. The van der Waals surface area contributed by atoms with Crippen molar-refractivity contribution in [1.29, 1.82) is 0 Å². The van der Waals surface area contributed by atoms with Gasteiger partial charge in [0.1, 0.15) is 5.82 Å². The summed E-state index contributed by atoms with van der Waals surface area (Å²) in [6, 6.07) is 3.90. The largest absolute Gasteiger partial charge is 0.481 e. The first kappa shape index (κ1) is 14.9. The van der Waals surface area contributed by atoms with E-state index in [2.05, 4.69) is 5.32 Å². The number of aryl methyl sites for hydroxylation is 1. The van der Waals surface area contributed by atoms with Crippen LogP contribution in [0.5, 0.6) is 0 Å². The van der Waals surface area contributed by atoms with Crippen LogP contribution in [0.4, 0.5) is 14.9 Å². The number of halogens is 1. The van der Waals surface area contributed by atoms with Gasteiger partial charge in [0, 0.05) is 19.3 Å². The van der Waals surface area contributed by atoms with Gasteiger partial charge in [-0.3, -0.25) is 4.79 Å². The molecule has 0 aliphatic rings. The van der Waals surface area contributed by atoms with Crippen LogP contribution in [0, 0.1) is 18.7 Å². The van der Waals surface area contributed by atoms with Crippen LogP contribution in [-0.2, 0) is 4.79 Å². The molecule has 104 valence electrons. The monoisotopic (exact) mass is 268 g/mol. The first-order valence-corrected chi connectivity index (χ1v) is 5.82. The number of carboxylic acids is 1. The normalized spacial score (nSPS) is 11.8. The summed E-state index contributed by atoms with van der Waals surface area (Å²) in [5.41, 5.74) is 0.828. The van der Waals surface area contributed by atoms with Crippen LogP contribution in [-0.4, -0.2) is 35.6 Å². The molecule has 1 aromatic rings. The molecule has 0 aliphatic carbocycles. The van der Waals surface area contributed by atoms with E-state index in [1.165, 1.54) is 24.9 Å². The fourth-order valence-electron chi connectivity index (χ4n) is 1.46. The Labute approximate surface area is 111 Å². The highest BCUT2D eigenvalue weighted by Gasteiger charge is 2.17. The van der Waals surface area contributed by atoms with Crippen molar-refractivity contribution in [2.24, 2.45) is 5.92 Å². The Morgan fingerprint density at radius 1 is 1.47 bits per heavy atom. The Bertz CT molecular complexity index is 491. The summed E-state index contributed by atoms with van der Waals surface area (Å²) in [6.07, 6.45) is 0. The van der Waals surface area contributed by atoms with Crippen molar-refractivity contribution in [3.05, 3.63) is 29.6 Å². The summed E-state index contributed by atoms with van der Waals surface area (Å²) in [5.74, 6) is -2.04. The molecule has 1 unspecified atom stereocenters. The van der Waals surface area contributed by atoms with Gasteiger partial charge in [-0.1, -0.05) is 13.0 Å². The Kier molecular flexibility index (Phi) is 4.86. The lowest BCUT2D eigenvalue weighted by Crippen LogP contribution is -2.36. The average molecular weight is 268 g/mol. The first-order chi connectivity index (χ1) is 8.81. The predicted molar refractivity (Wildman–Crippen MR) is 69.6 cm³/mol. The molecule has 0 aliphatic heterocycles. The average Bonchev–Trinajstić information content (AvgIpc) is 2.33. The smallest absolute Gasteiger partial charge is 0.321 e. The van der Waals surface area contributed by atoms with Gasteiger partial charge in [-0.25, -0.2) is 9.18 Å². The van der Waals surface area contributed by atoms with Crippen molar-refractivity contribution >= 4 is 17.7 Å². The Hall–Kier alpha value is -2.11. The maximum Gasteiger partial charge on any atom is 0.321 e. The maximum atomic E-state index is 13.3. The quantitative estimate of drug-likeness (QED) is 0.880. The summed E-state index contributed by atoms with van der Waals surface area (Å²) < 4.78 is 13.3. The predicted octanol–water partition coefficient (Wildman–Crippen LogP) is 2.32. The summed E-state index contributed by atoms with van der Waals surface area (Å²) in [7, 11) is 1.49. The maximum absolute atomic E-state index is 13.3. The van der Waals surface area contributed by atoms with Gasteiger partial charge in [0.15, 0.2) is 0 Å². The molecule has 5 nitrogen and oxygen atoms in total. The van der Waals surface area contributed by atoms with Crippen molar-refractivity contribution in [3.63, 3.8) is 0 Å². The lowest BCUT2D eigenvalue weighted by atomic mass is 10.2. The molecule has 0 fully saturated rings. The second-order valence-corrected chi connectivity index (χ2v) is 4.51. The zero-order valence-electron chi connectivity index (χ0n) is 11.1. The number of amides is 2. The van der Waals surface area contributed by atoms with Gasteiger partial charge in [-0.05, 0) is 24.6 Å². The van der Waals surface area contributed by atoms with Gasteiger partial charge >= 0.3 is 12.0 Å². The van der Waals surface area contributed by atoms with E-state index in [1.54, 1.807) is 19.1 Å². The minimum Gasteiger partial charge on any atom is -0.481 e. The minimum atomic E-state index is -0.971. The number of hydrogen-bond donors (Lipinski definition) is 2. The summed E-state index contributed by atoms with van der Waals surface area (Å²) >= 11 is 0. The van der Waals surface area contributed by atoms with Crippen LogP contribution in [0.1, 0.15) is 12.5 Å². The number of anilines is 1. The highest BCUT2D eigenvalue weighted by molar-refractivity contribution is 5.89. The SMILES string of the molecule is Cc1ccc(NC(=O)N(C)CC(C)C(=O)O)cc1F. The van der Waals surface area contributed by atoms with Crippen LogP contribution in [0.25, 0.3) is 0 Å². The van der Waals surface area contributed by atoms with Gasteiger partial charge in [0.05, 0.1) is 5.92 Å². The van der Waals surface area contributed by atoms with Crippen molar-refractivity contribution < 1.29 is 19.1 Å². The van der Waals surface area contributed by atoms with Gasteiger partial charge in [-0.2, -0.15) is 0 Å². The molecule has 2 amide bonds. The number of rotatable bonds is 4. The molecule has 0 saturated heterocycles. The fraction of sp³-hybridized carbons (Fsp3) is 0.385. The number of nitrogens with zero attached hydrogens (tertiary/aromatic N) is 1. The zero-order chi connectivity index (χ0) is 14.6. The minimum absolute atomic E-state index is 0.0789. The second-order valence-electron chi connectivity index (χ2n) is 4.51. The molecular formula is C13H17FN2O3. The standard InChI is InChI=1S/C13H17FN2O3/c1-8-4-5-10(6-11(8)14)15-13(19)16(3)7-9(2)12(17)18/h4-6,9H,7H2,1-3H3,(H,15,19)(H,17,18). The Morgan fingerprint density at radius 3 is 2.63 bits per heavy atom. The number of hydrogen-bond acceptors (Lipinski definition) is 2. The molecule has 0 bridgehead atoms. The van der Waals surface area contributed by atoms with E-state index < -0.39 is 23.7 Å². The molecule has 19 heavy (non-hydrogen) atoms. The third kappa shape index (κ3) is 4.24. The number of aliphatic carboxylic acids is 1. The number of carbonyl (C=O) groups is 2. The van der Waals surface area contributed by atoms with E-state index >= 15 is 0 Å². The molecule has 1 aromatic carbocycles. The van der Waals surface area contributed by atoms with Crippen molar-refractivity contribution in [2.75, 3.05) is 18.9 Å². The molecule has 0 spiro atoms. The summed E-state index contributed by atoms with van der Waals surface area (Å²) in [6.45, 7) is 3.22. The topological polar surface area (TPSA) is 69.6 Å². The van der Waals surface area contributed by atoms with Crippen LogP contribution < -0.4 is 5.32 Å². The highest BCUT2D eigenvalue weighted by Crippen LogP contribution is 2.14. The summed E-state index contributed by atoms with van der Waals surface area (Å²) in [5, 5.41) is 11.3. The summed E-state index contributed by atoms with van der Waals surface area (Å²) in [4.78, 5) is 23.7. The number of nitrogens with one attached hydrogen (secondary N) is 1. The fourth-order valence-corrected chi connectivity index (χ4v) is 1.46. The zero-order valence-corrected chi connectivity index (χ0v) is 11.1. The third-order valence-electron chi connectivity index (χ3n) is 2.74. The number of benzene rings is 1. The molecule has 2 N–H and O–H groups in total. The van der Waals surface area contributed by atoms with Gasteiger partial charge in [0.25, 0.3) is 0 Å². The van der Waals surface area contributed by atoms with E-state index in [4.69, 9.17) is 5.11 Å². The molecule has 0 heterocycles. The van der Waals surface area contributed by atoms with E-state index in [0.717, 1.165) is 0 Å². The van der Waals surface area contributed by atoms with Crippen LogP contribution in [0.2, 0.25) is 0 Å². The van der Waals surface area contributed by atoms with E-state index in [-0.39, 0.29) is 6.54 Å². The first-order valence-electron chi connectivity index (χ1n) is 5.82. The van der Waals surface area contributed by atoms with Crippen molar-refractivity contribution in [3.8, 4) is 0 Å². The van der Waals surface area contributed by atoms with Gasteiger partial charge in [-0.15, -0.1) is 0 Å². The van der Waals surface area contributed by atoms with E-state index in [0.29, 0.717) is 11.3 Å². The molecule has 0 saturated carbocycles. The molecule has 1 atom stereocenters. The van der Waals surface area contributed by atoms with Crippen LogP contribution >= 0.6 is 0 Å². The molecule has 1 rings (SSSR count).